The van der Waals surface area contributed by atoms with Gasteiger partial charge in [0, 0.05) is 39.3 Å². The molecule has 5 aromatic heterocycles. The summed E-state index contributed by atoms with van der Waals surface area (Å²) in [7, 11) is 0. The van der Waals surface area contributed by atoms with E-state index in [2.05, 4.69) is 87.4 Å². The van der Waals surface area contributed by atoms with Crippen LogP contribution in [0.5, 0.6) is 0 Å². The Hall–Kier alpha value is -4.98. The maximum atomic E-state index is 5.15. The molecule has 198 valence electrons. The zero-order chi connectivity index (χ0) is 27.7. The largest absolute Gasteiger partial charge is 0.278 e. The zero-order valence-corrected chi connectivity index (χ0v) is 23.8. The van der Waals surface area contributed by atoms with Gasteiger partial charge in [-0.3, -0.25) is 9.88 Å². The summed E-state index contributed by atoms with van der Waals surface area (Å²) in [6.45, 7) is 0. The molecule has 0 N–H and O–H groups in total. The molecule has 1 aliphatic heterocycles. The molecule has 6 heterocycles. The van der Waals surface area contributed by atoms with Crippen molar-refractivity contribution >= 4 is 40.0 Å². The van der Waals surface area contributed by atoms with E-state index in [1.54, 1.807) is 6.20 Å². The number of benzene rings is 2. The Bertz CT molecular complexity index is 1970. The van der Waals surface area contributed by atoms with Gasteiger partial charge < -0.3 is 0 Å². The lowest BCUT2D eigenvalue weighted by Crippen LogP contribution is -2.36. The molecule has 0 radical (unpaired) electrons. The standard InChI is InChI=1S/C35H21N5S2/c1-2-9-22(10-3-1)28-21-30(39-33(38-28)27-13-6-7-17-36-27)40-29-14-5-4-11-23(29)35(26-12-8-18-37-34(26)40)24-15-19-41-31(24)32-25(35)16-20-42-32/h1-21H. The number of rotatable bonds is 3. The lowest BCUT2D eigenvalue weighted by molar-refractivity contribution is 0.746. The molecule has 1 spiro atoms. The van der Waals surface area contributed by atoms with Crippen LogP contribution in [0.1, 0.15) is 22.3 Å². The van der Waals surface area contributed by atoms with Gasteiger partial charge in [-0.05, 0) is 63.8 Å². The van der Waals surface area contributed by atoms with Crippen molar-refractivity contribution in [1.82, 2.24) is 19.9 Å². The van der Waals surface area contributed by atoms with Crippen molar-refractivity contribution in [2.45, 2.75) is 5.41 Å². The number of hydrogen-bond donors (Lipinski definition) is 0. The summed E-state index contributed by atoms with van der Waals surface area (Å²) in [5.74, 6) is 2.20. The quantitative estimate of drug-likeness (QED) is 0.211. The highest BCUT2D eigenvalue weighted by molar-refractivity contribution is 7.21. The average Bonchev–Trinajstić information content (AvgIpc) is 3.79. The maximum Gasteiger partial charge on any atom is 0.180 e. The number of pyridine rings is 2. The number of nitrogens with zero attached hydrogens (tertiary/aromatic N) is 5. The SMILES string of the molecule is c1ccc(-c2cc(N3c4ccccc4C4(c5cccnc53)c3ccsc3-c3sccc34)nc(-c3ccccn3)n2)cc1. The number of anilines is 3. The van der Waals surface area contributed by atoms with Gasteiger partial charge in [-0.1, -0.05) is 60.7 Å². The Labute approximate surface area is 250 Å². The highest BCUT2D eigenvalue weighted by Gasteiger charge is 2.53. The van der Waals surface area contributed by atoms with Crippen LogP contribution in [0.15, 0.2) is 126 Å². The molecule has 0 amide bonds. The van der Waals surface area contributed by atoms with Gasteiger partial charge in [0.15, 0.2) is 5.82 Å². The first-order chi connectivity index (χ1) is 20.8. The minimum Gasteiger partial charge on any atom is -0.278 e. The van der Waals surface area contributed by atoms with Crippen LogP contribution in [0.2, 0.25) is 0 Å². The maximum absolute atomic E-state index is 5.15. The fourth-order valence-electron chi connectivity index (χ4n) is 6.55. The second-order valence-corrected chi connectivity index (χ2v) is 12.2. The van der Waals surface area contributed by atoms with Crippen molar-refractivity contribution in [2.75, 3.05) is 4.90 Å². The van der Waals surface area contributed by atoms with Gasteiger partial charge in [0.1, 0.15) is 17.3 Å². The normalized spacial score (nSPS) is 13.9. The Morgan fingerprint density at radius 2 is 1.29 bits per heavy atom. The van der Waals surface area contributed by atoms with Crippen LogP contribution < -0.4 is 4.90 Å². The molecule has 0 unspecified atom stereocenters. The molecule has 2 aliphatic rings. The van der Waals surface area contributed by atoms with Gasteiger partial charge in [0.2, 0.25) is 0 Å². The Balaban J connectivity index is 1.35. The summed E-state index contributed by atoms with van der Waals surface area (Å²) in [5.41, 5.74) is 8.23. The first-order valence-electron chi connectivity index (χ1n) is 13.7. The third-order valence-corrected chi connectivity index (χ3v) is 10.2. The summed E-state index contributed by atoms with van der Waals surface area (Å²) in [6, 6.07) is 35.7. The molecule has 7 heteroatoms. The summed E-state index contributed by atoms with van der Waals surface area (Å²) < 4.78 is 0. The smallest absolute Gasteiger partial charge is 0.180 e. The summed E-state index contributed by atoms with van der Waals surface area (Å²) in [4.78, 5) is 24.7. The van der Waals surface area contributed by atoms with Crippen molar-refractivity contribution in [3.05, 3.63) is 149 Å². The third-order valence-electron chi connectivity index (χ3n) is 8.20. The highest BCUT2D eigenvalue weighted by atomic mass is 32.1. The Kier molecular flexibility index (Phi) is 5.08. The summed E-state index contributed by atoms with van der Waals surface area (Å²) in [5, 5.41) is 4.44. The van der Waals surface area contributed by atoms with Crippen LogP contribution >= 0.6 is 22.7 Å². The van der Waals surface area contributed by atoms with Crippen molar-refractivity contribution in [3.63, 3.8) is 0 Å². The highest BCUT2D eigenvalue weighted by Crippen LogP contribution is 2.64. The van der Waals surface area contributed by atoms with Crippen molar-refractivity contribution < 1.29 is 0 Å². The minimum absolute atomic E-state index is 0.444. The fourth-order valence-corrected chi connectivity index (χ4v) is 8.65. The van der Waals surface area contributed by atoms with E-state index in [1.807, 2.05) is 65.3 Å². The zero-order valence-electron chi connectivity index (χ0n) is 22.2. The molecule has 1 aliphatic carbocycles. The second-order valence-electron chi connectivity index (χ2n) is 10.3. The van der Waals surface area contributed by atoms with Crippen molar-refractivity contribution in [2.24, 2.45) is 0 Å². The van der Waals surface area contributed by atoms with E-state index in [9.17, 15) is 0 Å². The van der Waals surface area contributed by atoms with Gasteiger partial charge in [-0.15, -0.1) is 22.7 Å². The van der Waals surface area contributed by atoms with E-state index < -0.39 is 5.41 Å². The summed E-state index contributed by atoms with van der Waals surface area (Å²) >= 11 is 3.64. The molecule has 0 fully saturated rings. The predicted molar refractivity (Wildman–Crippen MR) is 170 cm³/mol. The lowest BCUT2D eigenvalue weighted by Gasteiger charge is -2.43. The molecular weight excluding hydrogens is 555 g/mol. The first-order valence-corrected chi connectivity index (χ1v) is 15.5. The number of hydrogen-bond acceptors (Lipinski definition) is 7. The summed E-state index contributed by atoms with van der Waals surface area (Å²) in [6.07, 6.45) is 3.66. The van der Waals surface area contributed by atoms with Gasteiger partial charge in [-0.25, -0.2) is 15.0 Å². The van der Waals surface area contributed by atoms with Crippen LogP contribution in [0, 0.1) is 0 Å². The third kappa shape index (κ3) is 3.17. The number of para-hydroxylation sites is 1. The molecule has 0 saturated carbocycles. The Morgan fingerprint density at radius 3 is 2.07 bits per heavy atom. The van der Waals surface area contributed by atoms with E-state index in [0.29, 0.717) is 5.82 Å². The van der Waals surface area contributed by atoms with Crippen LogP contribution in [0.25, 0.3) is 32.5 Å². The average molecular weight is 576 g/mol. The molecule has 2 aromatic carbocycles. The van der Waals surface area contributed by atoms with Gasteiger partial charge >= 0.3 is 0 Å². The van der Waals surface area contributed by atoms with Crippen molar-refractivity contribution in [3.8, 4) is 32.5 Å². The predicted octanol–water partition coefficient (Wildman–Crippen LogP) is 8.87. The molecule has 5 nitrogen and oxygen atoms in total. The van der Waals surface area contributed by atoms with Gasteiger partial charge in [0.25, 0.3) is 0 Å². The molecule has 0 bridgehead atoms. The number of fused-ring (bicyclic) bond motifs is 9. The van der Waals surface area contributed by atoms with Gasteiger partial charge in [0.05, 0.1) is 16.8 Å². The second kappa shape index (κ2) is 9.01. The molecule has 0 atom stereocenters. The van der Waals surface area contributed by atoms with Crippen LogP contribution in [0.4, 0.5) is 17.3 Å². The topological polar surface area (TPSA) is 54.8 Å². The van der Waals surface area contributed by atoms with Crippen LogP contribution in [0.3, 0.4) is 0 Å². The Morgan fingerprint density at radius 1 is 0.571 bits per heavy atom. The van der Waals surface area contributed by atoms with E-state index in [4.69, 9.17) is 15.0 Å². The van der Waals surface area contributed by atoms with Crippen LogP contribution in [-0.2, 0) is 5.41 Å². The fraction of sp³-hybridized carbons (Fsp3) is 0.0286. The monoisotopic (exact) mass is 575 g/mol. The number of aromatic nitrogens is 4. The molecule has 7 aromatic rings. The van der Waals surface area contributed by atoms with E-state index in [1.165, 1.54) is 26.4 Å². The van der Waals surface area contributed by atoms with E-state index in [-0.39, 0.29) is 0 Å². The van der Waals surface area contributed by atoms with Gasteiger partial charge in [-0.2, -0.15) is 0 Å². The molecular formula is C35H21N5S2. The van der Waals surface area contributed by atoms with E-state index >= 15 is 0 Å². The van der Waals surface area contributed by atoms with E-state index in [0.717, 1.165) is 39.8 Å². The molecule has 42 heavy (non-hydrogen) atoms. The first kappa shape index (κ1) is 23.7. The van der Waals surface area contributed by atoms with Crippen LogP contribution in [-0.4, -0.2) is 19.9 Å². The lowest BCUT2D eigenvalue weighted by atomic mass is 9.66. The van der Waals surface area contributed by atoms with Crippen molar-refractivity contribution in [1.29, 1.82) is 0 Å². The molecule has 0 saturated heterocycles. The minimum atomic E-state index is -0.444. The molecule has 9 rings (SSSR count). The number of thiophene rings is 2.